The van der Waals surface area contributed by atoms with E-state index in [1.807, 2.05) is 6.07 Å². The number of rotatable bonds is 5. The van der Waals surface area contributed by atoms with Gasteiger partial charge in [0.05, 0.1) is 12.2 Å². The summed E-state index contributed by atoms with van der Waals surface area (Å²) in [4.78, 5) is 14.9. The molecule has 0 radical (unpaired) electrons. The van der Waals surface area contributed by atoms with Crippen molar-refractivity contribution in [1.82, 2.24) is 14.5 Å². The number of carbonyl (C=O) groups excluding carboxylic acids is 1. The zero-order valence-corrected chi connectivity index (χ0v) is 16.5. The highest BCUT2D eigenvalue weighted by Crippen LogP contribution is 2.20. The number of hydrogen-bond donors (Lipinski definition) is 1. The van der Waals surface area contributed by atoms with Gasteiger partial charge in [-0.25, -0.2) is 17.1 Å². The SMILES string of the molecule is CS(=O)(=O)N1CCCC(NC(=O)C2CCCN(Cc3cccc(F)c3)C2)C1. The fraction of sp³-hybridized carbons (Fsp3) is 0.632. The number of halogens is 1. The highest BCUT2D eigenvalue weighted by atomic mass is 32.2. The van der Waals surface area contributed by atoms with Crippen molar-refractivity contribution < 1.29 is 17.6 Å². The van der Waals surface area contributed by atoms with Gasteiger partial charge in [0, 0.05) is 32.2 Å². The molecule has 2 atom stereocenters. The summed E-state index contributed by atoms with van der Waals surface area (Å²) in [5.74, 6) is -0.355. The fourth-order valence-corrected chi connectivity index (χ4v) is 4.90. The van der Waals surface area contributed by atoms with Crippen LogP contribution in [0.25, 0.3) is 0 Å². The fourth-order valence-electron chi connectivity index (χ4n) is 3.99. The van der Waals surface area contributed by atoms with Gasteiger partial charge in [-0.3, -0.25) is 9.69 Å². The van der Waals surface area contributed by atoms with Gasteiger partial charge in [-0.15, -0.1) is 0 Å². The molecule has 2 aliphatic rings. The number of hydrogen-bond acceptors (Lipinski definition) is 4. The van der Waals surface area contributed by atoms with E-state index in [2.05, 4.69) is 10.2 Å². The highest BCUT2D eigenvalue weighted by molar-refractivity contribution is 7.88. The molecule has 0 bridgehead atoms. The average molecular weight is 398 g/mol. The first kappa shape index (κ1) is 20.2. The molecule has 1 aromatic rings. The van der Waals surface area contributed by atoms with Crippen molar-refractivity contribution in [1.29, 1.82) is 0 Å². The maximum atomic E-state index is 13.4. The van der Waals surface area contributed by atoms with Crippen LogP contribution in [0.2, 0.25) is 0 Å². The minimum absolute atomic E-state index is 0.000654. The van der Waals surface area contributed by atoms with Gasteiger partial charge in [-0.05, 0) is 49.9 Å². The van der Waals surface area contributed by atoms with E-state index in [4.69, 9.17) is 0 Å². The first-order valence-corrected chi connectivity index (χ1v) is 11.4. The minimum Gasteiger partial charge on any atom is -0.352 e. The normalized spacial score (nSPS) is 25.3. The second kappa shape index (κ2) is 8.67. The van der Waals surface area contributed by atoms with Crippen LogP contribution in [0.1, 0.15) is 31.2 Å². The second-order valence-corrected chi connectivity index (χ2v) is 9.66. The summed E-state index contributed by atoms with van der Waals surface area (Å²) in [6.45, 7) is 3.05. The average Bonchev–Trinajstić information content (AvgIpc) is 2.61. The van der Waals surface area contributed by atoms with Crippen molar-refractivity contribution in [2.24, 2.45) is 5.92 Å². The molecular formula is C19H28FN3O3S. The molecule has 2 fully saturated rings. The van der Waals surface area contributed by atoms with E-state index in [0.29, 0.717) is 26.2 Å². The van der Waals surface area contributed by atoms with Crippen LogP contribution in [0.4, 0.5) is 4.39 Å². The molecule has 0 aliphatic carbocycles. The van der Waals surface area contributed by atoms with Gasteiger partial charge in [-0.1, -0.05) is 12.1 Å². The number of piperidine rings is 2. The maximum Gasteiger partial charge on any atom is 0.224 e. The Balaban J connectivity index is 1.53. The predicted molar refractivity (Wildman–Crippen MR) is 102 cm³/mol. The summed E-state index contributed by atoms with van der Waals surface area (Å²) in [6.07, 6.45) is 4.52. The van der Waals surface area contributed by atoms with E-state index >= 15 is 0 Å². The Labute approximate surface area is 160 Å². The van der Waals surface area contributed by atoms with Crippen molar-refractivity contribution in [3.63, 3.8) is 0 Å². The molecule has 0 spiro atoms. The quantitative estimate of drug-likeness (QED) is 0.819. The summed E-state index contributed by atoms with van der Waals surface area (Å²) >= 11 is 0. The van der Waals surface area contributed by atoms with Crippen molar-refractivity contribution in [3.8, 4) is 0 Å². The Kier molecular flexibility index (Phi) is 6.49. The number of benzene rings is 1. The number of likely N-dealkylation sites (tertiary alicyclic amines) is 1. The minimum atomic E-state index is -3.22. The molecule has 0 saturated carbocycles. The molecule has 0 aromatic heterocycles. The summed E-state index contributed by atoms with van der Waals surface area (Å²) in [5, 5.41) is 3.05. The van der Waals surface area contributed by atoms with Gasteiger partial charge in [0.2, 0.25) is 15.9 Å². The van der Waals surface area contributed by atoms with Crippen molar-refractivity contribution in [2.45, 2.75) is 38.3 Å². The van der Waals surface area contributed by atoms with E-state index < -0.39 is 10.0 Å². The molecule has 2 heterocycles. The molecular weight excluding hydrogens is 369 g/mol. The molecule has 150 valence electrons. The summed E-state index contributed by atoms with van der Waals surface area (Å²) in [6, 6.07) is 6.44. The molecule has 1 aromatic carbocycles. The molecule has 8 heteroatoms. The molecule has 3 rings (SSSR count). The van der Waals surface area contributed by atoms with Crippen LogP contribution in [-0.2, 0) is 21.4 Å². The molecule has 1 N–H and O–H groups in total. The third kappa shape index (κ3) is 5.73. The zero-order chi connectivity index (χ0) is 19.4. The Morgan fingerprint density at radius 1 is 1.22 bits per heavy atom. The third-order valence-electron chi connectivity index (χ3n) is 5.37. The second-order valence-electron chi connectivity index (χ2n) is 7.67. The highest BCUT2D eigenvalue weighted by Gasteiger charge is 2.30. The van der Waals surface area contributed by atoms with Crippen molar-refractivity contribution >= 4 is 15.9 Å². The Morgan fingerprint density at radius 2 is 2.00 bits per heavy atom. The van der Waals surface area contributed by atoms with Gasteiger partial charge in [0.1, 0.15) is 5.82 Å². The number of sulfonamides is 1. The lowest BCUT2D eigenvalue weighted by Crippen LogP contribution is -2.52. The van der Waals surface area contributed by atoms with E-state index in [9.17, 15) is 17.6 Å². The number of nitrogens with zero attached hydrogens (tertiary/aromatic N) is 2. The topological polar surface area (TPSA) is 69.7 Å². The maximum absolute atomic E-state index is 13.4. The van der Waals surface area contributed by atoms with E-state index in [0.717, 1.165) is 37.8 Å². The van der Waals surface area contributed by atoms with Crippen LogP contribution in [0.3, 0.4) is 0 Å². The summed E-state index contributed by atoms with van der Waals surface area (Å²) < 4.78 is 38.3. The van der Waals surface area contributed by atoms with E-state index in [-0.39, 0.29) is 23.7 Å². The summed E-state index contributed by atoms with van der Waals surface area (Å²) in [7, 11) is -3.22. The lowest BCUT2D eigenvalue weighted by Gasteiger charge is -2.35. The van der Waals surface area contributed by atoms with Crippen molar-refractivity contribution in [3.05, 3.63) is 35.6 Å². The Bertz CT molecular complexity index is 771. The van der Waals surface area contributed by atoms with Crippen LogP contribution < -0.4 is 5.32 Å². The molecule has 6 nitrogen and oxygen atoms in total. The smallest absolute Gasteiger partial charge is 0.224 e. The van der Waals surface area contributed by atoms with Crippen LogP contribution in [0, 0.1) is 11.7 Å². The molecule has 2 unspecified atom stereocenters. The van der Waals surface area contributed by atoms with Gasteiger partial charge < -0.3 is 5.32 Å². The molecule has 27 heavy (non-hydrogen) atoms. The number of amides is 1. The molecule has 2 saturated heterocycles. The van der Waals surface area contributed by atoms with Gasteiger partial charge >= 0.3 is 0 Å². The van der Waals surface area contributed by atoms with Crippen LogP contribution in [-0.4, -0.2) is 62.0 Å². The molecule has 1 amide bonds. The van der Waals surface area contributed by atoms with Crippen LogP contribution >= 0.6 is 0 Å². The van der Waals surface area contributed by atoms with E-state index in [1.165, 1.54) is 22.7 Å². The largest absolute Gasteiger partial charge is 0.352 e. The zero-order valence-electron chi connectivity index (χ0n) is 15.7. The van der Waals surface area contributed by atoms with Gasteiger partial charge in [0.25, 0.3) is 0 Å². The van der Waals surface area contributed by atoms with Gasteiger partial charge in [0.15, 0.2) is 0 Å². The van der Waals surface area contributed by atoms with Crippen LogP contribution in [0.5, 0.6) is 0 Å². The van der Waals surface area contributed by atoms with Gasteiger partial charge in [-0.2, -0.15) is 0 Å². The first-order chi connectivity index (χ1) is 12.8. The van der Waals surface area contributed by atoms with Crippen LogP contribution in [0.15, 0.2) is 24.3 Å². The third-order valence-corrected chi connectivity index (χ3v) is 6.64. The number of nitrogens with one attached hydrogen (secondary N) is 1. The first-order valence-electron chi connectivity index (χ1n) is 9.53. The Hall–Kier alpha value is -1.51. The standard InChI is InChI=1S/C19H28FN3O3S/c1-27(25,26)23-10-4-8-18(14-23)21-19(24)16-6-3-9-22(13-16)12-15-5-2-7-17(20)11-15/h2,5,7,11,16,18H,3-4,6,8-10,12-14H2,1H3,(H,21,24). The summed E-state index contributed by atoms with van der Waals surface area (Å²) in [5.41, 5.74) is 0.909. The lowest BCUT2D eigenvalue weighted by atomic mass is 9.95. The predicted octanol–water partition coefficient (Wildman–Crippen LogP) is 1.58. The lowest BCUT2D eigenvalue weighted by molar-refractivity contribution is -0.127. The molecule has 2 aliphatic heterocycles. The van der Waals surface area contributed by atoms with E-state index in [1.54, 1.807) is 6.07 Å². The number of carbonyl (C=O) groups is 1. The van der Waals surface area contributed by atoms with Crippen molar-refractivity contribution in [2.75, 3.05) is 32.4 Å². The monoisotopic (exact) mass is 397 g/mol. The Morgan fingerprint density at radius 3 is 2.74 bits per heavy atom.